The van der Waals surface area contributed by atoms with Gasteiger partial charge in [0.25, 0.3) is 0 Å². The van der Waals surface area contributed by atoms with Crippen LogP contribution < -0.4 is 5.73 Å². The predicted molar refractivity (Wildman–Crippen MR) is 46.4 cm³/mol. The van der Waals surface area contributed by atoms with Gasteiger partial charge in [-0.25, -0.2) is 0 Å². The van der Waals surface area contributed by atoms with Crippen LogP contribution in [-0.4, -0.2) is 25.5 Å². The minimum atomic E-state index is 0.631. The Kier molecular flexibility index (Phi) is 9.00. The van der Waals surface area contributed by atoms with Crippen LogP contribution in [0.4, 0.5) is 0 Å². The fourth-order valence-electron chi connectivity index (χ4n) is 0.276. The van der Waals surface area contributed by atoms with Crippen molar-refractivity contribution >= 4 is 30.1 Å². The monoisotopic (exact) mass is 247 g/mol. The highest BCUT2D eigenvalue weighted by atomic mass is 127. The summed E-state index contributed by atoms with van der Waals surface area (Å²) in [6.07, 6.45) is 0. The highest BCUT2D eigenvalue weighted by Gasteiger charge is 1.83. The van der Waals surface area contributed by atoms with E-state index in [0.717, 1.165) is 12.4 Å². The molecule has 2 nitrogen and oxygen atoms in total. The molecular weight excluding hydrogens is 237 g/mol. The summed E-state index contributed by atoms with van der Waals surface area (Å²) in [7, 11) is 1.76. The lowest BCUT2D eigenvalue weighted by Crippen LogP contribution is -2.09. The van der Waals surface area contributed by atoms with E-state index in [4.69, 9.17) is 10.5 Å². The lowest BCUT2D eigenvalue weighted by atomic mass is 10.7. The van der Waals surface area contributed by atoms with Gasteiger partial charge in [-0.05, 0) is 21.2 Å². The minimum absolute atomic E-state index is 0.631. The third-order valence-corrected chi connectivity index (χ3v) is 2.21. The van der Waals surface area contributed by atoms with Crippen LogP contribution in [0.1, 0.15) is 0 Å². The summed E-state index contributed by atoms with van der Waals surface area (Å²) in [4.78, 5) is 0. The molecule has 0 fully saturated rings. The van der Waals surface area contributed by atoms with Gasteiger partial charge in [-0.15, -0.1) is 0 Å². The second-order valence-electron chi connectivity index (χ2n) is 1.21. The second kappa shape index (κ2) is 8.00. The summed E-state index contributed by atoms with van der Waals surface area (Å²) in [6, 6.07) is 0. The quantitative estimate of drug-likeness (QED) is 0.582. The SMILES string of the molecule is NCCOCCSI. The van der Waals surface area contributed by atoms with Gasteiger partial charge in [0.15, 0.2) is 0 Å². The minimum Gasteiger partial charge on any atom is -0.379 e. The van der Waals surface area contributed by atoms with E-state index < -0.39 is 0 Å². The first-order chi connectivity index (χ1) is 3.91. The molecule has 0 aliphatic heterocycles. The van der Waals surface area contributed by atoms with Crippen molar-refractivity contribution in [1.29, 1.82) is 0 Å². The Morgan fingerprint density at radius 3 is 2.75 bits per heavy atom. The molecule has 2 N–H and O–H groups in total. The summed E-state index contributed by atoms with van der Waals surface area (Å²) in [6.45, 7) is 2.15. The zero-order valence-electron chi connectivity index (χ0n) is 4.60. The van der Waals surface area contributed by atoms with Crippen LogP contribution >= 0.6 is 30.1 Å². The second-order valence-corrected chi connectivity index (χ2v) is 3.71. The van der Waals surface area contributed by atoms with Crippen LogP contribution in [0, 0.1) is 0 Å². The topological polar surface area (TPSA) is 35.2 Å². The number of hydrogen-bond acceptors (Lipinski definition) is 3. The third kappa shape index (κ3) is 7.00. The van der Waals surface area contributed by atoms with Crippen LogP contribution in [0.15, 0.2) is 0 Å². The number of ether oxygens (including phenoxy) is 1. The Morgan fingerprint density at radius 2 is 2.25 bits per heavy atom. The van der Waals surface area contributed by atoms with E-state index in [0.29, 0.717) is 13.2 Å². The summed E-state index contributed by atoms with van der Waals surface area (Å²) >= 11 is 2.24. The maximum absolute atomic E-state index is 5.18. The van der Waals surface area contributed by atoms with Crippen molar-refractivity contribution in [2.75, 3.05) is 25.5 Å². The van der Waals surface area contributed by atoms with Crippen LogP contribution in [-0.2, 0) is 4.74 Å². The summed E-state index contributed by atoms with van der Waals surface area (Å²) in [5, 5.41) is 0. The lowest BCUT2D eigenvalue weighted by Gasteiger charge is -1.96. The van der Waals surface area contributed by atoms with E-state index in [9.17, 15) is 0 Å². The molecule has 0 aromatic carbocycles. The van der Waals surface area contributed by atoms with Crippen LogP contribution in [0.5, 0.6) is 0 Å². The Morgan fingerprint density at radius 1 is 1.50 bits per heavy atom. The molecular formula is C4H10INOS. The first-order valence-corrected chi connectivity index (χ1v) is 5.96. The van der Waals surface area contributed by atoms with E-state index in [1.807, 2.05) is 0 Å². The Hall–Kier alpha value is 1.00. The molecule has 0 spiro atoms. The normalized spacial score (nSPS) is 9.75. The fourth-order valence-corrected chi connectivity index (χ4v) is 0.996. The molecule has 50 valence electrons. The Labute approximate surface area is 66.1 Å². The van der Waals surface area contributed by atoms with E-state index in [1.54, 1.807) is 8.93 Å². The van der Waals surface area contributed by atoms with Crippen molar-refractivity contribution in [3.63, 3.8) is 0 Å². The van der Waals surface area contributed by atoms with Crippen molar-refractivity contribution in [3.8, 4) is 0 Å². The molecule has 0 rings (SSSR count). The molecule has 4 heteroatoms. The molecule has 0 aromatic heterocycles. The standard InChI is InChI=1S/C4H10INOS/c5-8-4-3-7-2-1-6/h1-4,6H2. The molecule has 0 aliphatic rings. The lowest BCUT2D eigenvalue weighted by molar-refractivity contribution is 0.158. The number of halogens is 1. The maximum atomic E-state index is 5.18. The maximum Gasteiger partial charge on any atom is 0.0589 e. The Balaban J connectivity index is 2.53. The molecule has 0 aliphatic carbocycles. The highest BCUT2D eigenvalue weighted by molar-refractivity contribution is 14.2. The first kappa shape index (κ1) is 9.00. The van der Waals surface area contributed by atoms with E-state index >= 15 is 0 Å². The Bertz CT molecular complexity index is 41.0. The highest BCUT2D eigenvalue weighted by Crippen LogP contribution is 2.08. The first-order valence-electron chi connectivity index (χ1n) is 2.43. The van der Waals surface area contributed by atoms with Crippen LogP contribution in [0.3, 0.4) is 0 Å². The van der Waals surface area contributed by atoms with Gasteiger partial charge in [-0.2, -0.15) is 0 Å². The van der Waals surface area contributed by atoms with Crippen molar-refractivity contribution in [2.45, 2.75) is 0 Å². The molecule has 0 saturated heterocycles. The average molecular weight is 247 g/mol. The van der Waals surface area contributed by atoms with Gasteiger partial charge in [0.05, 0.1) is 13.2 Å². The summed E-state index contributed by atoms with van der Waals surface area (Å²) in [5.74, 6) is 1.06. The molecule has 0 amide bonds. The number of nitrogens with two attached hydrogens (primary N) is 1. The van der Waals surface area contributed by atoms with Crippen molar-refractivity contribution < 1.29 is 4.74 Å². The van der Waals surface area contributed by atoms with Gasteiger partial charge in [0.1, 0.15) is 0 Å². The molecule has 0 aromatic rings. The van der Waals surface area contributed by atoms with E-state index in [2.05, 4.69) is 21.2 Å². The zero-order chi connectivity index (χ0) is 6.24. The van der Waals surface area contributed by atoms with Gasteiger partial charge in [0, 0.05) is 12.3 Å². The largest absolute Gasteiger partial charge is 0.379 e. The van der Waals surface area contributed by atoms with E-state index in [-0.39, 0.29) is 0 Å². The van der Waals surface area contributed by atoms with Crippen molar-refractivity contribution in [2.24, 2.45) is 5.73 Å². The van der Waals surface area contributed by atoms with Gasteiger partial charge >= 0.3 is 0 Å². The van der Waals surface area contributed by atoms with Gasteiger partial charge < -0.3 is 10.5 Å². The van der Waals surface area contributed by atoms with E-state index in [1.165, 1.54) is 0 Å². The smallest absolute Gasteiger partial charge is 0.0589 e. The predicted octanol–water partition coefficient (Wildman–Crippen LogP) is 1.04. The fraction of sp³-hybridized carbons (Fsp3) is 1.00. The molecule has 0 radical (unpaired) electrons. The molecule has 8 heavy (non-hydrogen) atoms. The summed E-state index contributed by atoms with van der Waals surface area (Å²) in [5.41, 5.74) is 5.18. The molecule has 0 bridgehead atoms. The van der Waals surface area contributed by atoms with Gasteiger partial charge in [0.2, 0.25) is 0 Å². The average Bonchev–Trinajstić information content (AvgIpc) is 1.81. The third-order valence-electron chi connectivity index (χ3n) is 0.567. The van der Waals surface area contributed by atoms with Gasteiger partial charge in [-0.3, -0.25) is 0 Å². The van der Waals surface area contributed by atoms with Crippen molar-refractivity contribution in [3.05, 3.63) is 0 Å². The molecule has 0 heterocycles. The van der Waals surface area contributed by atoms with Crippen LogP contribution in [0.25, 0.3) is 0 Å². The number of rotatable bonds is 5. The van der Waals surface area contributed by atoms with Crippen molar-refractivity contribution in [1.82, 2.24) is 0 Å². The number of hydrogen-bond donors (Lipinski definition) is 1. The molecule has 0 atom stereocenters. The van der Waals surface area contributed by atoms with Gasteiger partial charge in [-0.1, -0.05) is 8.93 Å². The van der Waals surface area contributed by atoms with Crippen LogP contribution in [0.2, 0.25) is 0 Å². The summed E-state index contributed by atoms with van der Waals surface area (Å²) < 4.78 is 5.07. The molecule has 0 saturated carbocycles. The zero-order valence-corrected chi connectivity index (χ0v) is 7.57. The molecule has 0 unspecified atom stereocenters.